The molecule has 26 heavy (non-hydrogen) atoms. The van der Waals surface area contributed by atoms with E-state index in [0.717, 1.165) is 29.6 Å². The molecule has 2 fully saturated rings. The highest BCUT2D eigenvalue weighted by Crippen LogP contribution is 2.45. The van der Waals surface area contributed by atoms with Gasteiger partial charge in [-0.25, -0.2) is 9.69 Å². The third-order valence-electron chi connectivity index (χ3n) is 5.54. The highest BCUT2D eigenvalue weighted by molar-refractivity contribution is 6.06. The van der Waals surface area contributed by atoms with Crippen LogP contribution < -0.4 is 5.32 Å². The van der Waals surface area contributed by atoms with E-state index in [-0.39, 0.29) is 18.5 Å². The number of carbonyl (C=O) groups is 4. The number of fused-ring (bicyclic) bond motifs is 2. The third kappa shape index (κ3) is 2.58. The minimum atomic E-state index is -1.36. The van der Waals surface area contributed by atoms with Gasteiger partial charge in [0.2, 0.25) is 11.5 Å². The second-order valence-electron chi connectivity index (χ2n) is 7.31. The van der Waals surface area contributed by atoms with Crippen molar-refractivity contribution in [3.05, 3.63) is 34.9 Å². The highest BCUT2D eigenvalue weighted by Gasteiger charge is 2.58. The summed E-state index contributed by atoms with van der Waals surface area (Å²) in [7, 11) is 0. The smallest absolute Gasteiger partial charge is 0.418 e. The van der Waals surface area contributed by atoms with Gasteiger partial charge >= 0.3 is 6.09 Å². The summed E-state index contributed by atoms with van der Waals surface area (Å²) in [5.41, 5.74) is 0.582. The second-order valence-corrected chi connectivity index (χ2v) is 7.31. The van der Waals surface area contributed by atoms with Crippen molar-refractivity contribution in [3.63, 3.8) is 0 Å². The van der Waals surface area contributed by atoms with Gasteiger partial charge in [0.05, 0.1) is 0 Å². The number of aryl methyl sites for hydroxylation is 1. The van der Waals surface area contributed by atoms with Gasteiger partial charge in [-0.1, -0.05) is 12.1 Å². The number of amides is 3. The molecule has 3 aliphatic rings. The maximum Gasteiger partial charge on any atom is 0.418 e. The number of rotatable bonds is 5. The lowest BCUT2D eigenvalue weighted by Crippen LogP contribution is -2.45. The largest absolute Gasteiger partial charge is 0.427 e. The third-order valence-corrected chi connectivity index (χ3v) is 5.54. The summed E-state index contributed by atoms with van der Waals surface area (Å²) in [5.74, 6) is -0.379. The van der Waals surface area contributed by atoms with Crippen LogP contribution in [0.15, 0.2) is 18.2 Å². The van der Waals surface area contributed by atoms with Crippen molar-refractivity contribution in [1.82, 2.24) is 10.2 Å². The first kappa shape index (κ1) is 16.8. The molecule has 1 saturated heterocycles. The van der Waals surface area contributed by atoms with E-state index in [1.54, 1.807) is 18.2 Å². The number of ether oxygens (including phenoxy) is 1. The number of nitrogens with one attached hydrogen (secondary N) is 1. The zero-order valence-electron chi connectivity index (χ0n) is 14.5. The number of benzene rings is 1. The standard InChI is InChI=1S/C19H20N2O5/c1-11(13-3-4-13)20-16(23)9-21-17(24)19(26-18(21)25)7-6-14-8-12(10-22)2-5-15(14)19/h2,5,8,10-11,13H,3-4,6-7,9H2,1H3,(H,20,23)/t11-,19?/m0/s1. The first-order valence-electron chi connectivity index (χ1n) is 8.87. The van der Waals surface area contributed by atoms with E-state index in [4.69, 9.17) is 4.74 Å². The van der Waals surface area contributed by atoms with E-state index in [2.05, 4.69) is 5.32 Å². The molecule has 0 bridgehead atoms. The maximum absolute atomic E-state index is 13.0. The monoisotopic (exact) mass is 356 g/mol. The van der Waals surface area contributed by atoms with Crippen LogP contribution in [0.4, 0.5) is 4.79 Å². The molecule has 1 aromatic carbocycles. The summed E-state index contributed by atoms with van der Waals surface area (Å²) in [6, 6.07) is 5.02. The average Bonchev–Trinajstić information content (AvgIpc) is 3.38. The number of imide groups is 1. The van der Waals surface area contributed by atoms with Crippen molar-refractivity contribution in [2.45, 2.75) is 44.2 Å². The molecule has 1 aliphatic heterocycles. The fourth-order valence-corrected chi connectivity index (χ4v) is 3.90. The zero-order valence-corrected chi connectivity index (χ0v) is 14.5. The molecule has 4 rings (SSSR count). The van der Waals surface area contributed by atoms with Crippen molar-refractivity contribution >= 4 is 24.2 Å². The Balaban J connectivity index is 1.53. The minimum absolute atomic E-state index is 0.0409. The van der Waals surface area contributed by atoms with E-state index in [1.807, 2.05) is 6.92 Å². The summed E-state index contributed by atoms with van der Waals surface area (Å²) >= 11 is 0. The Morgan fingerprint density at radius 1 is 1.42 bits per heavy atom. The molecule has 2 aliphatic carbocycles. The van der Waals surface area contributed by atoms with Gasteiger partial charge in [0.15, 0.2) is 0 Å². The molecule has 7 heteroatoms. The van der Waals surface area contributed by atoms with Gasteiger partial charge in [0.25, 0.3) is 5.91 Å². The number of hydrogen-bond acceptors (Lipinski definition) is 5. The number of hydrogen-bond donors (Lipinski definition) is 1. The summed E-state index contributed by atoms with van der Waals surface area (Å²) in [4.78, 5) is 49.3. The van der Waals surface area contributed by atoms with Gasteiger partial charge in [-0.15, -0.1) is 0 Å². The van der Waals surface area contributed by atoms with Crippen molar-refractivity contribution in [2.24, 2.45) is 5.92 Å². The van der Waals surface area contributed by atoms with E-state index >= 15 is 0 Å². The Morgan fingerprint density at radius 2 is 2.19 bits per heavy atom. The van der Waals surface area contributed by atoms with Crippen LogP contribution in [0.2, 0.25) is 0 Å². The topological polar surface area (TPSA) is 92.8 Å². The average molecular weight is 356 g/mol. The minimum Gasteiger partial charge on any atom is -0.427 e. The number of carbonyl (C=O) groups excluding carboxylic acids is 4. The number of nitrogens with zero attached hydrogens (tertiary/aromatic N) is 1. The molecule has 7 nitrogen and oxygen atoms in total. The van der Waals surface area contributed by atoms with Crippen LogP contribution in [0.25, 0.3) is 0 Å². The lowest BCUT2D eigenvalue weighted by atomic mass is 9.94. The van der Waals surface area contributed by atoms with Gasteiger partial charge in [-0.2, -0.15) is 0 Å². The molecule has 0 radical (unpaired) electrons. The molecular weight excluding hydrogens is 336 g/mol. The van der Waals surface area contributed by atoms with E-state index in [0.29, 0.717) is 29.9 Å². The van der Waals surface area contributed by atoms with Gasteiger partial charge < -0.3 is 10.1 Å². The zero-order chi connectivity index (χ0) is 18.5. The van der Waals surface area contributed by atoms with Crippen LogP contribution >= 0.6 is 0 Å². The Kier molecular flexibility index (Phi) is 3.82. The Labute approximate surface area is 150 Å². The lowest BCUT2D eigenvalue weighted by molar-refractivity contribution is -0.139. The Morgan fingerprint density at radius 3 is 2.88 bits per heavy atom. The molecule has 1 aromatic rings. The SMILES string of the molecule is C[C@H](NC(=O)CN1C(=O)OC2(CCc3cc(C=O)ccc32)C1=O)C1CC1. The molecule has 1 heterocycles. The Hall–Kier alpha value is -2.70. The van der Waals surface area contributed by atoms with Gasteiger partial charge in [-0.3, -0.25) is 14.4 Å². The lowest BCUT2D eigenvalue weighted by Gasteiger charge is -2.20. The fraction of sp³-hybridized carbons (Fsp3) is 0.474. The highest BCUT2D eigenvalue weighted by atomic mass is 16.6. The molecule has 3 amide bonds. The first-order chi connectivity index (χ1) is 12.4. The molecule has 1 N–H and O–H groups in total. The molecule has 1 spiro atoms. The van der Waals surface area contributed by atoms with Crippen LogP contribution in [0.3, 0.4) is 0 Å². The van der Waals surface area contributed by atoms with E-state index in [1.165, 1.54) is 0 Å². The van der Waals surface area contributed by atoms with Crippen LogP contribution in [-0.4, -0.2) is 41.7 Å². The summed E-state index contributed by atoms with van der Waals surface area (Å²) in [5, 5.41) is 2.84. The second kappa shape index (κ2) is 5.93. The molecule has 0 aromatic heterocycles. The maximum atomic E-state index is 13.0. The van der Waals surface area contributed by atoms with Gasteiger partial charge in [-0.05, 0) is 43.7 Å². The Bertz CT molecular complexity index is 816. The molecule has 2 atom stereocenters. The molecule has 136 valence electrons. The van der Waals surface area contributed by atoms with E-state index in [9.17, 15) is 19.2 Å². The number of aldehydes is 1. The normalized spacial score (nSPS) is 25.2. The van der Waals surface area contributed by atoms with Crippen molar-refractivity contribution < 1.29 is 23.9 Å². The summed E-state index contributed by atoms with van der Waals surface area (Å²) in [6.45, 7) is 1.59. The van der Waals surface area contributed by atoms with Crippen molar-refractivity contribution in [2.75, 3.05) is 6.54 Å². The molecular formula is C19H20N2O5. The van der Waals surface area contributed by atoms with Crippen molar-refractivity contribution in [1.29, 1.82) is 0 Å². The summed E-state index contributed by atoms with van der Waals surface area (Å²) < 4.78 is 5.47. The quantitative estimate of drug-likeness (QED) is 0.808. The van der Waals surface area contributed by atoms with Crippen LogP contribution in [0.1, 0.15) is 47.7 Å². The van der Waals surface area contributed by atoms with Crippen LogP contribution in [0.5, 0.6) is 0 Å². The first-order valence-corrected chi connectivity index (χ1v) is 8.87. The predicted octanol–water partition coefficient (Wildman–Crippen LogP) is 1.53. The van der Waals surface area contributed by atoms with Gasteiger partial charge in [0, 0.05) is 23.6 Å². The predicted molar refractivity (Wildman–Crippen MR) is 90.4 cm³/mol. The van der Waals surface area contributed by atoms with Crippen LogP contribution in [0, 0.1) is 5.92 Å². The van der Waals surface area contributed by atoms with E-state index < -0.39 is 17.6 Å². The molecule has 1 saturated carbocycles. The van der Waals surface area contributed by atoms with Crippen molar-refractivity contribution in [3.8, 4) is 0 Å². The van der Waals surface area contributed by atoms with Gasteiger partial charge in [0.1, 0.15) is 12.8 Å². The molecule has 1 unspecified atom stereocenters. The summed E-state index contributed by atoms with van der Waals surface area (Å²) in [6.07, 6.45) is 2.99. The van der Waals surface area contributed by atoms with Crippen LogP contribution in [-0.2, 0) is 26.3 Å². The fourth-order valence-electron chi connectivity index (χ4n) is 3.90.